The number of carbonyl (C=O) groups is 2. The number of benzene rings is 1. The Bertz CT molecular complexity index is 681. The monoisotopic (exact) mass is 398 g/mol. The van der Waals surface area contributed by atoms with E-state index in [0.29, 0.717) is 13.1 Å². The van der Waals surface area contributed by atoms with Crippen molar-refractivity contribution < 1.29 is 9.59 Å². The van der Waals surface area contributed by atoms with Crippen LogP contribution >= 0.6 is 0 Å². The molecule has 0 saturated carbocycles. The smallest absolute Gasteiger partial charge is 0.237 e. The van der Waals surface area contributed by atoms with Crippen LogP contribution in [0.5, 0.6) is 0 Å². The van der Waals surface area contributed by atoms with Crippen molar-refractivity contribution >= 4 is 11.8 Å². The van der Waals surface area contributed by atoms with Crippen LogP contribution in [-0.4, -0.2) is 66.9 Å². The van der Waals surface area contributed by atoms with E-state index in [1.807, 2.05) is 23.1 Å². The molecule has 4 rings (SSSR count). The molecule has 6 nitrogen and oxygen atoms in total. The molecule has 0 bridgehead atoms. The number of hydrogen-bond acceptors (Lipinski definition) is 4. The van der Waals surface area contributed by atoms with E-state index in [1.54, 1.807) is 0 Å². The maximum atomic E-state index is 13.0. The molecule has 3 heterocycles. The van der Waals surface area contributed by atoms with Crippen LogP contribution in [0.15, 0.2) is 30.3 Å². The first-order valence-corrected chi connectivity index (χ1v) is 11.2. The normalized spacial score (nSPS) is 25.0. The Kier molecular flexibility index (Phi) is 6.82. The van der Waals surface area contributed by atoms with Crippen LogP contribution in [0, 0.1) is 11.8 Å². The van der Waals surface area contributed by atoms with Gasteiger partial charge in [0.25, 0.3) is 0 Å². The molecule has 0 radical (unpaired) electrons. The fourth-order valence-corrected chi connectivity index (χ4v) is 5.22. The molecule has 29 heavy (non-hydrogen) atoms. The summed E-state index contributed by atoms with van der Waals surface area (Å²) in [6.07, 6.45) is 5.06. The molecule has 2 N–H and O–H groups in total. The van der Waals surface area contributed by atoms with Crippen LogP contribution in [0.3, 0.4) is 0 Å². The van der Waals surface area contributed by atoms with Crippen molar-refractivity contribution in [1.29, 1.82) is 0 Å². The molecule has 1 atom stereocenters. The van der Waals surface area contributed by atoms with Crippen molar-refractivity contribution in [2.75, 3.05) is 39.3 Å². The molecule has 3 fully saturated rings. The largest absolute Gasteiger partial charge is 0.353 e. The van der Waals surface area contributed by atoms with E-state index in [4.69, 9.17) is 0 Å². The fourth-order valence-electron chi connectivity index (χ4n) is 5.22. The van der Waals surface area contributed by atoms with Crippen LogP contribution < -0.4 is 10.6 Å². The number of piperidine rings is 2. The number of amides is 2. The molecule has 3 aliphatic heterocycles. The van der Waals surface area contributed by atoms with E-state index in [0.717, 1.165) is 57.4 Å². The second kappa shape index (κ2) is 9.72. The molecule has 0 aliphatic carbocycles. The van der Waals surface area contributed by atoms with E-state index >= 15 is 0 Å². The number of likely N-dealkylation sites (tertiary alicyclic amines) is 1. The van der Waals surface area contributed by atoms with E-state index in [9.17, 15) is 9.59 Å². The molecule has 0 aromatic heterocycles. The lowest BCUT2D eigenvalue weighted by molar-refractivity contribution is -0.140. The molecule has 1 aromatic rings. The quantitative estimate of drug-likeness (QED) is 0.791. The fraction of sp³-hybridized carbons (Fsp3) is 0.652. The molecule has 1 unspecified atom stereocenters. The predicted octanol–water partition coefficient (Wildman–Crippen LogP) is 1.62. The van der Waals surface area contributed by atoms with Gasteiger partial charge in [-0.3, -0.25) is 14.5 Å². The topological polar surface area (TPSA) is 64.7 Å². The van der Waals surface area contributed by atoms with E-state index in [2.05, 4.69) is 27.7 Å². The molecule has 2 amide bonds. The van der Waals surface area contributed by atoms with Gasteiger partial charge in [-0.25, -0.2) is 0 Å². The predicted molar refractivity (Wildman–Crippen MR) is 113 cm³/mol. The summed E-state index contributed by atoms with van der Waals surface area (Å²) >= 11 is 0. The molecule has 3 saturated heterocycles. The van der Waals surface area contributed by atoms with Gasteiger partial charge in [-0.15, -0.1) is 0 Å². The Morgan fingerprint density at radius 1 is 0.931 bits per heavy atom. The van der Waals surface area contributed by atoms with Crippen molar-refractivity contribution in [3.05, 3.63) is 35.9 Å². The van der Waals surface area contributed by atoms with Crippen LogP contribution in [-0.2, 0) is 16.1 Å². The Morgan fingerprint density at radius 3 is 2.34 bits per heavy atom. The van der Waals surface area contributed by atoms with Gasteiger partial charge in [-0.05, 0) is 56.2 Å². The summed E-state index contributed by atoms with van der Waals surface area (Å²) in [5.41, 5.74) is 1.18. The first-order chi connectivity index (χ1) is 14.2. The summed E-state index contributed by atoms with van der Waals surface area (Å²) in [4.78, 5) is 29.7. The summed E-state index contributed by atoms with van der Waals surface area (Å²) < 4.78 is 0. The van der Waals surface area contributed by atoms with E-state index in [-0.39, 0.29) is 24.3 Å². The Hall–Kier alpha value is -1.92. The lowest BCUT2D eigenvalue weighted by atomic mass is 9.79. The number of piperazine rings is 1. The second-order valence-electron chi connectivity index (χ2n) is 8.77. The number of nitrogens with zero attached hydrogens (tertiary/aromatic N) is 2. The highest BCUT2D eigenvalue weighted by atomic mass is 16.2. The second-order valence-corrected chi connectivity index (χ2v) is 8.77. The minimum absolute atomic E-state index is 0.00915. The average Bonchev–Trinajstić information content (AvgIpc) is 2.77. The van der Waals surface area contributed by atoms with Gasteiger partial charge in [0.1, 0.15) is 0 Å². The zero-order valence-corrected chi connectivity index (χ0v) is 17.3. The zero-order chi connectivity index (χ0) is 20.1. The van der Waals surface area contributed by atoms with Crippen molar-refractivity contribution in [3.8, 4) is 0 Å². The van der Waals surface area contributed by atoms with Crippen LogP contribution in [0.1, 0.15) is 37.7 Å². The van der Waals surface area contributed by atoms with Crippen LogP contribution in [0.25, 0.3) is 0 Å². The van der Waals surface area contributed by atoms with E-state index in [1.165, 1.54) is 18.4 Å². The molecular weight excluding hydrogens is 364 g/mol. The Labute approximate surface area is 174 Å². The lowest BCUT2D eigenvalue weighted by Crippen LogP contribution is -2.56. The van der Waals surface area contributed by atoms with Crippen molar-refractivity contribution in [2.24, 2.45) is 11.8 Å². The average molecular weight is 399 g/mol. The zero-order valence-electron chi connectivity index (χ0n) is 17.3. The van der Waals surface area contributed by atoms with Gasteiger partial charge in [0.05, 0.1) is 12.5 Å². The number of carbonyl (C=O) groups excluding carboxylic acids is 2. The van der Waals surface area contributed by atoms with Gasteiger partial charge < -0.3 is 15.5 Å². The number of nitrogens with one attached hydrogen (secondary N) is 2. The third-order valence-corrected chi connectivity index (χ3v) is 6.98. The molecule has 0 spiro atoms. The van der Waals surface area contributed by atoms with Crippen molar-refractivity contribution in [1.82, 2.24) is 20.4 Å². The summed E-state index contributed by atoms with van der Waals surface area (Å²) in [5, 5.41) is 6.39. The SMILES string of the molecule is O=C1NCCN(Cc2ccccc2)C1CC(=O)N1CCC(C2CCNCC2)CC1. The molecule has 6 heteroatoms. The van der Waals surface area contributed by atoms with Crippen LogP contribution in [0.2, 0.25) is 0 Å². The first-order valence-electron chi connectivity index (χ1n) is 11.2. The Balaban J connectivity index is 1.31. The lowest BCUT2D eigenvalue weighted by Gasteiger charge is -2.39. The molecule has 1 aromatic carbocycles. The molecule has 158 valence electrons. The van der Waals surface area contributed by atoms with Gasteiger partial charge >= 0.3 is 0 Å². The van der Waals surface area contributed by atoms with Crippen molar-refractivity contribution in [3.63, 3.8) is 0 Å². The van der Waals surface area contributed by atoms with E-state index < -0.39 is 0 Å². The maximum absolute atomic E-state index is 13.0. The minimum atomic E-state index is -0.362. The summed E-state index contributed by atoms with van der Waals surface area (Å²) in [6, 6.07) is 9.84. The summed E-state index contributed by atoms with van der Waals surface area (Å²) in [6.45, 7) is 6.12. The highest BCUT2D eigenvalue weighted by Gasteiger charge is 2.34. The van der Waals surface area contributed by atoms with Crippen LogP contribution in [0.4, 0.5) is 0 Å². The molecular formula is C23H34N4O2. The third-order valence-electron chi connectivity index (χ3n) is 6.98. The molecule has 3 aliphatic rings. The third kappa shape index (κ3) is 5.17. The van der Waals surface area contributed by atoms with Gasteiger partial charge in [-0.1, -0.05) is 30.3 Å². The maximum Gasteiger partial charge on any atom is 0.237 e. The highest BCUT2D eigenvalue weighted by molar-refractivity contribution is 5.88. The van der Waals surface area contributed by atoms with Gasteiger partial charge in [0, 0.05) is 32.7 Å². The van der Waals surface area contributed by atoms with Crippen molar-refractivity contribution in [2.45, 2.75) is 44.7 Å². The number of rotatable bonds is 5. The Morgan fingerprint density at radius 2 is 1.62 bits per heavy atom. The van der Waals surface area contributed by atoms with Gasteiger partial charge in [0.2, 0.25) is 11.8 Å². The standard InChI is InChI=1S/C23H34N4O2/c28-22(26-13-8-20(9-14-26)19-6-10-24-11-7-19)16-21-23(29)25-12-15-27(21)17-18-4-2-1-3-5-18/h1-5,19-21,24H,6-17H2,(H,25,29). The summed E-state index contributed by atoms with van der Waals surface area (Å²) in [5.74, 6) is 1.70. The minimum Gasteiger partial charge on any atom is -0.353 e. The van der Waals surface area contributed by atoms with Gasteiger partial charge in [-0.2, -0.15) is 0 Å². The number of hydrogen-bond donors (Lipinski definition) is 2. The summed E-state index contributed by atoms with van der Waals surface area (Å²) in [7, 11) is 0. The highest BCUT2D eigenvalue weighted by Crippen LogP contribution is 2.31. The van der Waals surface area contributed by atoms with Gasteiger partial charge in [0.15, 0.2) is 0 Å². The first kappa shape index (κ1) is 20.4.